The maximum Gasteiger partial charge on any atom is 0.488 e. The summed E-state index contributed by atoms with van der Waals surface area (Å²) in [4.78, 5) is 0. The van der Waals surface area contributed by atoms with Crippen LogP contribution >= 0.6 is 15.9 Å². The summed E-state index contributed by atoms with van der Waals surface area (Å²) >= 11 is 3.85. The summed E-state index contributed by atoms with van der Waals surface area (Å²) < 4.78 is 13.1. The molecular formula is C77H54BBrO4. The number of rotatable bonds is 6. The molecule has 0 bridgehead atoms. The molecule has 0 aliphatic heterocycles. The molecule has 16 aromatic rings. The van der Waals surface area contributed by atoms with Crippen LogP contribution in [0.5, 0.6) is 0 Å². The van der Waals surface area contributed by atoms with E-state index in [0.717, 1.165) is 48.3 Å². The quantitative estimate of drug-likeness (QED) is 0.129. The van der Waals surface area contributed by atoms with Gasteiger partial charge in [-0.15, -0.1) is 0 Å². The third-order valence-electron chi connectivity index (χ3n) is 15.7. The molecule has 2 N–H and O–H groups in total. The number of benzene rings is 14. The largest absolute Gasteiger partial charge is 0.488 e. The third-order valence-corrected chi connectivity index (χ3v) is 16.6. The molecule has 0 saturated heterocycles. The molecule has 0 atom stereocenters. The van der Waals surface area contributed by atoms with Gasteiger partial charge in [0, 0.05) is 26.0 Å². The lowest BCUT2D eigenvalue weighted by Gasteiger charge is -2.19. The van der Waals surface area contributed by atoms with Gasteiger partial charge in [-0.3, -0.25) is 0 Å². The zero-order chi connectivity index (χ0) is 55.1. The molecule has 0 saturated carbocycles. The van der Waals surface area contributed by atoms with Gasteiger partial charge in [-0.1, -0.05) is 268 Å². The topological polar surface area (TPSA) is 66.7 Å². The molecule has 0 radical (unpaired) electrons. The van der Waals surface area contributed by atoms with Crippen LogP contribution in [0, 0.1) is 0 Å². The summed E-state index contributed by atoms with van der Waals surface area (Å²) in [6.07, 6.45) is 0. The first-order valence-electron chi connectivity index (χ1n) is 27.5. The minimum Gasteiger partial charge on any atom is -0.456 e. The molecule has 0 aliphatic carbocycles. The number of para-hydroxylation sites is 2. The van der Waals surface area contributed by atoms with Crippen LogP contribution in [0.15, 0.2) is 304 Å². The average molecular weight is 1130 g/mol. The smallest absolute Gasteiger partial charge is 0.456 e. The van der Waals surface area contributed by atoms with E-state index in [2.05, 4.69) is 253 Å². The summed E-state index contributed by atoms with van der Waals surface area (Å²) in [5.74, 6) is 0. The van der Waals surface area contributed by atoms with Crippen LogP contribution in [0.3, 0.4) is 0 Å². The molecule has 2 aromatic heterocycles. The van der Waals surface area contributed by atoms with Crippen LogP contribution in [-0.4, -0.2) is 17.2 Å². The molecule has 0 fully saturated rings. The molecule has 0 amide bonds. The van der Waals surface area contributed by atoms with E-state index in [1.54, 1.807) is 12.1 Å². The predicted octanol–water partition coefficient (Wildman–Crippen LogP) is 20.9. The van der Waals surface area contributed by atoms with Crippen molar-refractivity contribution >= 4 is 115 Å². The van der Waals surface area contributed by atoms with Gasteiger partial charge < -0.3 is 18.9 Å². The van der Waals surface area contributed by atoms with E-state index in [1.807, 2.05) is 42.5 Å². The van der Waals surface area contributed by atoms with Gasteiger partial charge in [0.2, 0.25) is 0 Å². The first-order chi connectivity index (χ1) is 40.5. The first-order valence-corrected chi connectivity index (χ1v) is 28.3. The van der Waals surface area contributed by atoms with Crippen LogP contribution in [0.4, 0.5) is 0 Å². The summed E-state index contributed by atoms with van der Waals surface area (Å²) in [6.45, 7) is 0. The molecule has 0 spiro atoms. The Hall–Kier alpha value is -9.82. The molecule has 14 aromatic carbocycles. The molecule has 0 aliphatic rings. The van der Waals surface area contributed by atoms with E-state index in [4.69, 9.17) is 18.9 Å². The Labute approximate surface area is 490 Å². The standard InChI is InChI=1S/C38H24O.C26H17Br.C12H9BO3.CH4/c1-2-12-25(13-3-1)27-14-4-5-16-30(27)38-33-19-8-6-17-31(33)37(32-18-7-9-20-34(32)38)26-22-23-29-28-15-10-11-21-35(28)39-36(29)24-26;27-26-23-16-8-6-14-21(23)25(22-15-7-9-17-24(22)26)20-13-5-4-12-19(20)18-10-2-1-3-11-18;14-13(15)8-5-6-10-9-3-1-2-4-11(9)16-12(10)7-8;/h1-24H;1-17H;1-7,14-15H;1H4. The summed E-state index contributed by atoms with van der Waals surface area (Å²) in [5.41, 5.74) is 16.2. The fraction of sp³-hybridized carbons (Fsp3) is 0.0130. The van der Waals surface area contributed by atoms with Gasteiger partial charge >= 0.3 is 7.12 Å². The Morgan fingerprint density at radius 1 is 0.253 bits per heavy atom. The highest BCUT2D eigenvalue weighted by Gasteiger charge is 2.21. The van der Waals surface area contributed by atoms with E-state index in [0.29, 0.717) is 11.0 Å². The number of hydrogen-bond donors (Lipinski definition) is 2. The van der Waals surface area contributed by atoms with E-state index in [9.17, 15) is 0 Å². The number of furan rings is 2. The predicted molar refractivity (Wildman–Crippen MR) is 355 cm³/mol. The Balaban J connectivity index is 0.000000127. The van der Waals surface area contributed by atoms with E-state index in [1.165, 1.54) is 93.2 Å². The van der Waals surface area contributed by atoms with Gasteiger partial charge in [0.15, 0.2) is 0 Å². The van der Waals surface area contributed by atoms with Crippen molar-refractivity contribution in [2.24, 2.45) is 0 Å². The minimum absolute atomic E-state index is 0. The Morgan fingerprint density at radius 3 is 1.00 bits per heavy atom. The van der Waals surface area contributed by atoms with Gasteiger partial charge in [-0.05, 0) is 150 Å². The molecule has 6 heteroatoms. The second-order valence-electron chi connectivity index (χ2n) is 20.5. The molecule has 0 unspecified atom stereocenters. The van der Waals surface area contributed by atoms with Gasteiger partial charge in [0.25, 0.3) is 0 Å². The van der Waals surface area contributed by atoms with Crippen LogP contribution in [0.2, 0.25) is 0 Å². The second-order valence-corrected chi connectivity index (χ2v) is 21.3. The highest BCUT2D eigenvalue weighted by atomic mass is 79.9. The zero-order valence-electron chi connectivity index (χ0n) is 44.4. The SMILES string of the molecule is Brc1c2ccccc2c(-c2ccccc2-c2ccccc2)c2ccccc12.C.OB(O)c1ccc2c(c1)oc1ccccc12.c1ccc(-c2ccccc2-c2c3ccccc3c(-c3ccc4c(c3)oc3ccccc34)c3ccccc23)cc1. The van der Waals surface area contributed by atoms with Crippen LogP contribution in [-0.2, 0) is 0 Å². The summed E-state index contributed by atoms with van der Waals surface area (Å²) in [7, 11) is -1.46. The Bertz CT molecular complexity index is 4930. The molecular weight excluding hydrogens is 1080 g/mol. The van der Waals surface area contributed by atoms with Crippen LogP contribution < -0.4 is 5.46 Å². The van der Waals surface area contributed by atoms with Gasteiger partial charge in [-0.25, -0.2) is 0 Å². The second kappa shape index (κ2) is 22.6. The lowest BCUT2D eigenvalue weighted by molar-refractivity contribution is 0.425. The normalized spacial score (nSPS) is 11.2. The van der Waals surface area contributed by atoms with Crippen molar-refractivity contribution in [2.75, 3.05) is 0 Å². The maximum absolute atomic E-state index is 9.07. The fourth-order valence-electron chi connectivity index (χ4n) is 12.0. The zero-order valence-corrected chi connectivity index (χ0v) is 46.0. The number of hydrogen-bond acceptors (Lipinski definition) is 4. The first kappa shape index (κ1) is 52.6. The van der Waals surface area contributed by atoms with Crippen molar-refractivity contribution in [3.63, 3.8) is 0 Å². The molecule has 4 nitrogen and oxygen atoms in total. The Kier molecular flexibility index (Phi) is 14.3. The molecule has 2 heterocycles. The molecule has 83 heavy (non-hydrogen) atoms. The highest BCUT2D eigenvalue weighted by molar-refractivity contribution is 9.10. The van der Waals surface area contributed by atoms with Crippen molar-refractivity contribution < 1.29 is 18.9 Å². The van der Waals surface area contributed by atoms with Crippen molar-refractivity contribution in [3.8, 4) is 55.6 Å². The fourth-order valence-corrected chi connectivity index (χ4v) is 12.7. The average Bonchev–Trinajstić information content (AvgIpc) is 3.76. The number of halogens is 1. The van der Waals surface area contributed by atoms with Gasteiger partial charge in [0.1, 0.15) is 22.3 Å². The molecule has 16 rings (SSSR count). The number of fused-ring (bicyclic) bond motifs is 10. The van der Waals surface area contributed by atoms with Gasteiger partial charge in [0.05, 0.1) is 0 Å². The minimum atomic E-state index is -1.46. The van der Waals surface area contributed by atoms with E-state index < -0.39 is 7.12 Å². The lowest BCUT2D eigenvalue weighted by atomic mass is 9.80. The lowest BCUT2D eigenvalue weighted by Crippen LogP contribution is -2.29. The maximum atomic E-state index is 9.07. The van der Waals surface area contributed by atoms with Crippen molar-refractivity contribution in [1.82, 2.24) is 0 Å². The van der Waals surface area contributed by atoms with Crippen LogP contribution in [0.25, 0.3) is 143 Å². The molecule has 396 valence electrons. The van der Waals surface area contributed by atoms with Crippen LogP contribution in [0.1, 0.15) is 7.43 Å². The highest BCUT2D eigenvalue weighted by Crippen LogP contribution is 2.48. The van der Waals surface area contributed by atoms with Crippen molar-refractivity contribution in [1.29, 1.82) is 0 Å². The van der Waals surface area contributed by atoms with Crippen molar-refractivity contribution in [3.05, 3.63) is 296 Å². The van der Waals surface area contributed by atoms with E-state index in [-0.39, 0.29) is 7.43 Å². The monoisotopic (exact) mass is 1130 g/mol. The van der Waals surface area contributed by atoms with Gasteiger partial charge in [-0.2, -0.15) is 0 Å². The van der Waals surface area contributed by atoms with Crippen molar-refractivity contribution in [2.45, 2.75) is 7.43 Å². The summed E-state index contributed by atoms with van der Waals surface area (Å²) in [5, 5.41) is 32.5. The third kappa shape index (κ3) is 9.63. The Morgan fingerprint density at radius 2 is 0.566 bits per heavy atom. The summed E-state index contributed by atoms with van der Waals surface area (Å²) in [6, 6.07) is 102. The van der Waals surface area contributed by atoms with E-state index >= 15 is 0 Å².